The smallest absolute Gasteiger partial charge is 0.0508 e. The summed E-state index contributed by atoms with van der Waals surface area (Å²) in [4.78, 5) is 2.50. The second-order valence-corrected chi connectivity index (χ2v) is 13.9. The monoisotopic (exact) mass is 615 g/mol. The highest BCUT2D eigenvalue weighted by Gasteiger charge is 2.42. The van der Waals surface area contributed by atoms with Crippen LogP contribution < -0.4 is 4.90 Å². The summed E-state index contributed by atoms with van der Waals surface area (Å²) in [5.74, 6) is 0. The average Bonchev–Trinajstić information content (AvgIpc) is 3.54. The third kappa shape index (κ3) is 4.10. The van der Waals surface area contributed by atoms with Gasteiger partial charge in [0.1, 0.15) is 0 Å². The van der Waals surface area contributed by atoms with E-state index in [4.69, 9.17) is 0 Å². The van der Waals surface area contributed by atoms with Gasteiger partial charge >= 0.3 is 0 Å². The zero-order chi connectivity index (χ0) is 32.5. The maximum Gasteiger partial charge on any atom is 0.0508 e. The summed E-state index contributed by atoms with van der Waals surface area (Å²) in [7, 11) is 0. The summed E-state index contributed by atoms with van der Waals surface area (Å²) < 4.78 is 0. The third-order valence-electron chi connectivity index (χ3n) is 10.9. The van der Waals surface area contributed by atoms with Crippen LogP contribution in [-0.2, 0) is 10.8 Å². The van der Waals surface area contributed by atoms with Crippen molar-refractivity contribution < 1.29 is 0 Å². The number of benzene rings is 7. The van der Waals surface area contributed by atoms with Crippen molar-refractivity contribution >= 4 is 17.1 Å². The van der Waals surface area contributed by atoms with Crippen molar-refractivity contribution in [3.8, 4) is 33.4 Å². The van der Waals surface area contributed by atoms with Gasteiger partial charge in [-0.3, -0.25) is 0 Å². The molecular weight excluding hydrogens is 579 g/mol. The summed E-state index contributed by atoms with van der Waals surface area (Å²) in [5.41, 5.74) is 17.6. The molecule has 1 heteroatoms. The number of hydrogen-bond donors (Lipinski definition) is 0. The van der Waals surface area contributed by atoms with Crippen molar-refractivity contribution in [2.75, 3.05) is 4.90 Å². The fraction of sp³-hybridized carbons (Fsp3) is 0.106. The van der Waals surface area contributed by atoms with Crippen LogP contribution in [0.4, 0.5) is 17.1 Å². The molecule has 0 bridgehead atoms. The maximum atomic E-state index is 2.50. The Hall–Kier alpha value is -5.66. The highest BCUT2D eigenvalue weighted by atomic mass is 15.1. The summed E-state index contributed by atoms with van der Waals surface area (Å²) in [6.07, 6.45) is 0. The van der Waals surface area contributed by atoms with Crippen LogP contribution in [0.15, 0.2) is 170 Å². The molecule has 0 fully saturated rings. The molecule has 0 aliphatic heterocycles. The summed E-state index contributed by atoms with van der Waals surface area (Å²) in [6.45, 7) is 7.16. The lowest BCUT2D eigenvalue weighted by Crippen LogP contribution is -2.23. The molecule has 0 heterocycles. The molecule has 0 radical (unpaired) electrons. The minimum atomic E-state index is -0.278. The molecule has 1 nitrogen and oxygen atoms in total. The molecule has 1 unspecified atom stereocenters. The molecule has 1 atom stereocenters. The SMILES string of the molecule is CC1(C)c2ccccc2-c2cccc(N(c3ccc(-c4ccccc4)cc3)c3ccc4c(c3)C(C)(c3ccccc3)c3ccccc3-4)c21. The van der Waals surface area contributed by atoms with Crippen LogP contribution in [0, 0.1) is 0 Å². The lowest BCUT2D eigenvalue weighted by atomic mass is 9.74. The van der Waals surface area contributed by atoms with E-state index in [1.807, 2.05) is 0 Å². The van der Waals surface area contributed by atoms with Gasteiger partial charge in [-0.25, -0.2) is 0 Å². The summed E-state index contributed by atoms with van der Waals surface area (Å²) in [6, 6.07) is 62.6. The van der Waals surface area contributed by atoms with Gasteiger partial charge in [0, 0.05) is 22.2 Å². The highest BCUT2D eigenvalue weighted by molar-refractivity contribution is 5.92. The van der Waals surface area contributed by atoms with E-state index in [0.29, 0.717) is 0 Å². The van der Waals surface area contributed by atoms with Crippen LogP contribution >= 0.6 is 0 Å². The molecule has 0 saturated heterocycles. The molecule has 7 aromatic rings. The maximum absolute atomic E-state index is 2.50. The van der Waals surface area contributed by atoms with Gasteiger partial charge in [-0.2, -0.15) is 0 Å². The Balaban J connectivity index is 1.28. The number of hydrogen-bond acceptors (Lipinski definition) is 1. The van der Waals surface area contributed by atoms with Crippen molar-refractivity contribution in [3.05, 3.63) is 198 Å². The van der Waals surface area contributed by atoms with E-state index in [9.17, 15) is 0 Å². The van der Waals surface area contributed by atoms with Gasteiger partial charge < -0.3 is 4.90 Å². The summed E-state index contributed by atoms with van der Waals surface area (Å²) in [5, 5.41) is 0. The average molecular weight is 616 g/mol. The number of nitrogens with zero attached hydrogens (tertiary/aromatic N) is 1. The Morgan fingerprint density at radius 2 is 0.938 bits per heavy atom. The zero-order valence-corrected chi connectivity index (χ0v) is 27.6. The van der Waals surface area contributed by atoms with Gasteiger partial charge in [0.15, 0.2) is 0 Å². The van der Waals surface area contributed by atoms with Gasteiger partial charge in [0.2, 0.25) is 0 Å². The Morgan fingerprint density at radius 3 is 1.67 bits per heavy atom. The first-order chi connectivity index (χ1) is 23.5. The lowest BCUT2D eigenvalue weighted by Gasteiger charge is -2.33. The molecule has 2 aliphatic rings. The molecule has 0 spiro atoms. The molecule has 2 aliphatic carbocycles. The van der Waals surface area contributed by atoms with E-state index in [-0.39, 0.29) is 10.8 Å². The van der Waals surface area contributed by atoms with Gasteiger partial charge in [-0.1, -0.05) is 153 Å². The second-order valence-electron chi connectivity index (χ2n) is 13.9. The molecular formula is C47H37N. The zero-order valence-electron chi connectivity index (χ0n) is 27.6. The van der Waals surface area contributed by atoms with Crippen LogP contribution in [0.5, 0.6) is 0 Å². The van der Waals surface area contributed by atoms with Crippen LogP contribution in [0.25, 0.3) is 33.4 Å². The Bertz CT molecular complexity index is 2310. The molecule has 0 N–H and O–H groups in total. The molecule has 0 amide bonds. The third-order valence-corrected chi connectivity index (χ3v) is 10.9. The van der Waals surface area contributed by atoms with E-state index in [2.05, 4.69) is 196 Å². The van der Waals surface area contributed by atoms with Gasteiger partial charge in [-0.15, -0.1) is 0 Å². The van der Waals surface area contributed by atoms with Gasteiger partial charge in [0.05, 0.1) is 5.69 Å². The van der Waals surface area contributed by atoms with Crippen LogP contribution in [0.2, 0.25) is 0 Å². The first-order valence-corrected chi connectivity index (χ1v) is 17.0. The number of anilines is 3. The molecule has 9 rings (SSSR count). The normalized spacial score (nSPS) is 16.5. The quantitative estimate of drug-likeness (QED) is 0.186. The first-order valence-electron chi connectivity index (χ1n) is 17.0. The topological polar surface area (TPSA) is 3.24 Å². The van der Waals surface area contributed by atoms with E-state index in [1.165, 1.54) is 66.9 Å². The Labute approximate surface area is 283 Å². The molecule has 48 heavy (non-hydrogen) atoms. The van der Waals surface area contributed by atoms with Crippen molar-refractivity contribution in [3.63, 3.8) is 0 Å². The van der Waals surface area contributed by atoms with Crippen molar-refractivity contribution in [2.45, 2.75) is 31.6 Å². The van der Waals surface area contributed by atoms with Gasteiger partial charge in [0.25, 0.3) is 0 Å². The van der Waals surface area contributed by atoms with E-state index in [1.54, 1.807) is 0 Å². The predicted octanol–water partition coefficient (Wildman–Crippen LogP) is 12.5. The second kappa shape index (κ2) is 10.7. The molecule has 7 aromatic carbocycles. The van der Waals surface area contributed by atoms with Gasteiger partial charge in [-0.05, 0) is 98.5 Å². The van der Waals surface area contributed by atoms with E-state index in [0.717, 1.165) is 11.4 Å². The summed E-state index contributed by atoms with van der Waals surface area (Å²) >= 11 is 0. The minimum Gasteiger partial charge on any atom is -0.310 e. The Morgan fingerprint density at radius 1 is 0.396 bits per heavy atom. The van der Waals surface area contributed by atoms with E-state index >= 15 is 0 Å². The van der Waals surface area contributed by atoms with Crippen molar-refractivity contribution in [1.82, 2.24) is 0 Å². The lowest BCUT2D eigenvalue weighted by molar-refractivity contribution is 0.660. The molecule has 230 valence electrons. The fourth-order valence-electron chi connectivity index (χ4n) is 8.57. The van der Waals surface area contributed by atoms with Crippen LogP contribution in [0.3, 0.4) is 0 Å². The standard InChI is InChI=1S/C47H37N/c1-46(2)41-22-12-10-20-38(41)40-21-14-24-44(45(40)46)48(35-27-25-33(26-28-35)32-15-6-4-7-16-32)36-29-30-39-37-19-11-13-23-42(37)47(3,43(39)31-36)34-17-8-5-9-18-34/h4-31H,1-3H3. The molecule has 0 aromatic heterocycles. The number of rotatable bonds is 5. The van der Waals surface area contributed by atoms with Crippen LogP contribution in [0.1, 0.15) is 48.6 Å². The highest BCUT2D eigenvalue weighted by Crippen LogP contribution is 2.56. The first kappa shape index (κ1) is 28.6. The van der Waals surface area contributed by atoms with Crippen molar-refractivity contribution in [1.29, 1.82) is 0 Å². The van der Waals surface area contributed by atoms with E-state index < -0.39 is 0 Å². The largest absolute Gasteiger partial charge is 0.310 e. The minimum absolute atomic E-state index is 0.156. The fourth-order valence-corrected chi connectivity index (χ4v) is 8.57. The van der Waals surface area contributed by atoms with Crippen molar-refractivity contribution in [2.24, 2.45) is 0 Å². The predicted molar refractivity (Wildman–Crippen MR) is 202 cm³/mol. The Kier molecular flexibility index (Phi) is 6.36. The van der Waals surface area contributed by atoms with Crippen LogP contribution in [-0.4, -0.2) is 0 Å². The number of fused-ring (bicyclic) bond motifs is 6. The molecule has 0 saturated carbocycles.